The Hall–Kier alpha value is -1.66. The number of anilines is 1. The van der Waals surface area contributed by atoms with Gasteiger partial charge in [-0.2, -0.15) is 0 Å². The Balaban J connectivity index is 1.79. The summed E-state index contributed by atoms with van der Waals surface area (Å²) in [6.07, 6.45) is 4.27. The molecule has 0 aliphatic heterocycles. The second-order valence-corrected chi connectivity index (χ2v) is 6.06. The van der Waals surface area contributed by atoms with E-state index in [-0.39, 0.29) is 5.82 Å². The third-order valence-electron chi connectivity index (χ3n) is 3.53. The summed E-state index contributed by atoms with van der Waals surface area (Å²) in [6, 6.07) is 6.55. The zero-order valence-corrected chi connectivity index (χ0v) is 12.4. The number of hydrazine groups is 1. The molecule has 0 unspecified atom stereocenters. The Labute approximate surface area is 127 Å². The fraction of sp³-hybridized carbons (Fsp3) is 0.333. The van der Waals surface area contributed by atoms with Gasteiger partial charge in [0, 0.05) is 16.2 Å². The Kier molecular flexibility index (Phi) is 4.36. The molecule has 0 radical (unpaired) electrons. The first-order valence-corrected chi connectivity index (χ1v) is 7.98. The molecule has 0 amide bonds. The topological polar surface area (TPSA) is 63.8 Å². The van der Waals surface area contributed by atoms with Crippen molar-refractivity contribution >= 4 is 17.6 Å². The highest BCUT2D eigenvalue weighted by Crippen LogP contribution is 2.27. The number of aryl methyl sites for hydroxylation is 1. The zero-order chi connectivity index (χ0) is 14.7. The second kappa shape index (κ2) is 6.41. The predicted molar refractivity (Wildman–Crippen MR) is 82.4 cm³/mol. The van der Waals surface area contributed by atoms with Gasteiger partial charge in [-0.25, -0.2) is 20.2 Å². The highest BCUT2D eigenvalue weighted by Gasteiger charge is 2.17. The number of nitrogens with zero attached hydrogens (tertiary/aromatic N) is 2. The fourth-order valence-electron chi connectivity index (χ4n) is 2.53. The number of aromatic nitrogens is 2. The first kappa shape index (κ1) is 14.3. The Morgan fingerprint density at radius 3 is 2.90 bits per heavy atom. The van der Waals surface area contributed by atoms with Gasteiger partial charge < -0.3 is 5.43 Å². The number of thioether (sulfide) groups is 1. The maximum atomic E-state index is 13.2. The molecule has 0 saturated carbocycles. The van der Waals surface area contributed by atoms with E-state index in [2.05, 4.69) is 15.4 Å². The number of hydrogen-bond donors (Lipinski definition) is 2. The van der Waals surface area contributed by atoms with Gasteiger partial charge >= 0.3 is 0 Å². The number of nitrogens with two attached hydrogens (primary N) is 1. The van der Waals surface area contributed by atoms with E-state index >= 15 is 0 Å². The van der Waals surface area contributed by atoms with E-state index in [1.54, 1.807) is 6.07 Å². The summed E-state index contributed by atoms with van der Waals surface area (Å²) in [5.74, 6) is 7.41. The number of rotatable bonds is 4. The van der Waals surface area contributed by atoms with Crippen LogP contribution in [0, 0.1) is 5.82 Å². The molecule has 1 heterocycles. The summed E-state index contributed by atoms with van der Waals surface area (Å²) in [5, 5.41) is 0. The van der Waals surface area contributed by atoms with Crippen LogP contribution in [0.15, 0.2) is 29.2 Å². The maximum absolute atomic E-state index is 13.2. The van der Waals surface area contributed by atoms with Gasteiger partial charge in [0.05, 0.1) is 5.75 Å². The lowest BCUT2D eigenvalue weighted by Gasteiger charge is -2.18. The van der Waals surface area contributed by atoms with Crippen LogP contribution in [0.5, 0.6) is 0 Å². The largest absolute Gasteiger partial charge is 0.308 e. The van der Waals surface area contributed by atoms with Crippen LogP contribution < -0.4 is 11.3 Å². The summed E-state index contributed by atoms with van der Waals surface area (Å²) < 4.78 is 13.2. The lowest BCUT2D eigenvalue weighted by molar-refractivity contribution is 0.624. The Morgan fingerprint density at radius 2 is 2.10 bits per heavy atom. The minimum atomic E-state index is -0.226. The molecule has 1 aromatic heterocycles. The Bertz CT molecular complexity index is 630. The number of hydrogen-bond acceptors (Lipinski definition) is 5. The monoisotopic (exact) mass is 304 g/mol. The number of nitrogens with one attached hydrogen (secondary N) is 1. The molecule has 1 aliphatic carbocycles. The molecule has 0 saturated heterocycles. The van der Waals surface area contributed by atoms with Gasteiger partial charge in [-0.3, -0.25) is 0 Å². The minimum absolute atomic E-state index is 0.226. The van der Waals surface area contributed by atoms with Crippen molar-refractivity contribution in [2.24, 2.45) is 5.84 Å². The maximum Gasteiger partial charge on any atom is 0.147 e. The van der Waals surface area contributed by atoms with Crippen molar-refractivity contribution in [3.05, 3.63) is 47.2 Å². The molecule has 0 bridgehead atoms. The normalized spacial score (nSPS) is 13.8. The van der Waals surface area contributed by atoms with E-state index in [1.807, 2.05) is 6.07 Å². The van der Waals surface area contributed by atoms with Crippen LogP contribution in [0.3, 0.4) is 0 Å². The molecule has 0 fully saturated rings. The third kappa shape index (κ3) is 3.33. The first-order chi connectivity index (χ1) is 10.3. The molecule has 6 heteroatoms. The van der Waals surface area contributed by atoms with Crippen LogP contribution in [-0.2, 0) is 18.6 Å². The van der Waals surface area contributed by atoms with Gasteiger partial charge in [-0.05, 0) is 43.9 Å². The molecule has 0 atom stereocenters. The van der Waals surface area contributed by atoms with E-state index in [4.69, 9.17) is 5.84 Å². The SMILES string of the molecule is NNc1nc(CSc2cccc(F)c2)nc2c1CCCC2. The van der Waals surface area contributed by atoms with Gasteiger partial charge in [0.1, 0.15) is 17.5 Å². The lowest BCUT2D eigenvalue weighted by Crippen LogP contribution is -2.17. The number of nitrogen functional groups attached to an aromatic ring is 1. The molecule has 1 aliphatic rings. The second-order valence-electron chi connectivity index (χ2n) is 5.01. The van der Waals surface area contributed by atoms with Crippen molar-refractivity contribution in [3.8, 4) is 0 Å². The van der Waals surface area contributed by atoms with Crippen LogP contribution >= 0.6 is 11.8 Å². The zero-order valence-electron chi connectivity index (χ0n) is 11.6. The molecule has 4 nitrogen and oxygen atoms in total. The lowest BCUT2D eigenvalue weighted by atomic mass is 9.96. The van der Waals surface area contributed by atoms with Crippen molar-refractivity contribution in [2.45, 2.75) is 36.3 Å². The van der Waals surface area contributed by atoms with Crippen molar-refractivity contribution < 1.29 is 4.39 Å². The molecule has 3 N–H and O–H groups in total. The fourth-order valence-corrected chi connectivity index (χ4v) is 3.33. The van der Waals surface area contributed by atoms with Crippen molar-refractivity contribution in [1.82, 2.24) is 9.97 Å². The predicted octanol–water partition coefficient (Wildman–Crippen LogP) is 3.07. The quantitative estimate of drug-likeness (QED) is 0.516. The Morgan fingerprint density at radius 1 is 1.24 bits per heavy atom. The summed E-state index contributed by atoms with van der Waals surface area (Å²) in [5.41, 5.74) is 4.92. The molecule has 21 heavy (non-hydrogen) atoms. The molecule has 1 aromatic carbocycles. The van der Waals surface area contributed by atoms with Gasteiger partial charge in [0.2, 0.25) is 0 Å². The average Bonchev–Trinajstić information content (AvgIpc) is 2.52. The van der Waals surface area contributed by atoms with Crippen molar-refractivity contribution in [2.75, 3.05) is 5.43 Å². The minimum Gasteiger partial charge on any atom is -0.308 e. The highest BCUT2D eigenvalue weighted by atomic mass is 32.2. The summed E-state index contributed by atoms with van der Waals surface area (Å²) in [6.45, 7) is 0. The summed E-state index contributed by atoms with van der Waals surface area (Å²) in [7, 11) is 0. The highest BCUT2D eigenvalue weighted by molar-refractivity contribution is 7.98. The van der Waals surface area contributed by atoms with Crippen molar-refractivity contribution in [3.63, 3.8) is 0 Å². The molecular formula is C15H17FN4S. The standard InChI is InChI=1S/C15H17FN4S/c16-10-4-3-5-11(8-10)21-9-14-18-13-7-2-1-6-12(13)15(19-14)20-17/h3-5,8H,1-2,6-7,9,17H2,(H,18,19,20). The van der Waals surface area contributed by atoms with E-state index in [0.717, 1.165) is 53.5 Å². The van der Waals surface area contributed by atoms with Crippen molar-refractivity contribution in [1.29, 1.82) is 0 Å². The smallest absolute Gasteiger partial charge is 0.147 e. The van der Waals surface area contributed by atoms with Gasteiger partial charge in [0.25, 0.3) is 0 Å². The average molecular weight is 304 g/mol. The van der Waals surface area contributed by atoms with Crippen LogP contribution in [0.4, 0.5) is 10.2 Å². The van der Waals surface area contributed by atoms with E-state index < -0.39 is 0 Å². The summed E-state index contributed by atoms with van der Waals surface area (Å²) in [4.78, 5) is 9.99. The van der Waals surface area contributed by atoms with Crippen LogP contribution in [0.25, 0.3) is 0 Å². The van der Waals surface area contributed by atoms with Gasteiger partial charge in [-0.1, -0.05) is 6.07 Å². The summed E-state index contributed by atoms with van der Waals surface area (Å²) >= 11 is 1.52. The molecule has 3 rings (SSSR count). The number of fused-ring (bicyclic) bond motifs is 1. The van der Waals surface area contributed by atoms with Crippen LogP contribution in [0.2, 0.25) is 0 Å². The first-order valence-electron chi connectivity index (χ1n) is 7.00. The van der Waals surface area contributed by atoms with E-state index in [9.17, 15) is 4.39 Å². The van der Waals surface area contributed by atoms with Crippen LogP contribution in [-0.4, -0.2) is 9.97 Å². The number of benzene rings is 1. The molecule has 0 spiro atoms. The molecule has 2 aromatic rings. The van der Waals surface area contributed by atoms with Gasteiger partial charge in [-0.15, -0.1) is 11.8 Å². The third-order valence-corrected chi connectivity index (χ3v) is 4.52. The van der Waals surface area contributed by atoms with Crippen LogP contribution in [0.1, 0.15) is 29.9 Å². The number of halogens is 1. The van der Waals surface area contributed by atoms with Gasteiger partial charge in [0.15, 0.2) is 0 Å². The molecule has 110 valence electrons. The molecular weight excluding hydrogens is 287 g/mol. The van der Waals surface area contributed by atoms with E-state index in [0.29, 0.717) is 5.75 Å². The van der Waals surface area contributed by atoms with E-state index in [1.165, 1.54) is 23.9 Å².